The molecule has 0 fully saturated rings. The van der Waals surface area contributed by atoms with E-state index >= 15 is 0 Å². The van der Waals surface area contributed by atoms with Crippen molar-refractivity contribution in [2.75, 3.05) is 4.72 Å². The van der Waals surface area contributed by atoms with Crippen molar-refractivity contribution in [3.8, 4) is 0 Å². The van der Waals surface area contributed by atoms with Crippen LogP contribution in [0.15, 0.2) is 29.6 Å². The average molecular weight is 302 g/mol. The lowest BCUT2D eigenvalue weighted by atomic mass is 10.4. The van der Waals surface area contributed by atoms with Crippen LogP contribution in [0.2, 0.25) is 5.28 Å². The molecule has 2 heterocycles. The fraction of sp³-hybridized carbons (Fsp3) is 0.300. The molecule has 0 bridgehead atoms. The first-order chi connectivity index (χ1) is 8.90. The predicted molar refractivity (Wildman–Crippen MR) is 70.5 cm³/mol. The molecule has 0 aliphatic carbocycles. The molecule has 0 atom stereocenters. The summed E-state index contributed by atoms with van der Waals surface area (Å²) in [5, 5.41) is 4.04. The molecule has 0 aromatic carbocycles. The molecule has 0 aliphatic heterocycles. The number of anilines is 1. The van der Waals surface area contributed by atoms with Crippen molar-refractivity contribution in [1.29, 1.82) is 0 Å². The molecule has 0 spiro atoms. The summed E-state index contributed by atoms with van der Waals surface area (Å²) >= 11 is 5.52. The van der Waals surface area contributed by atoms with Crippen molar-refractivity contribution < 1.29 is 8.42 Å². The van der Waals surface area contributed by atoms with Crippen LogP contribution in [0.25, 0.3) is 0 Å². The van der Waals surface area contributed by atoms with Crippen molar-refractivity contribution >= 4 is 27.4 Å². The van der Waals surface area contributed by atoms with Gasteiger partial charge in [0.25, 0.3) is 10.0 Å². The summed E-state index contributed by atoms with van der Waals surface area (Å²) in [5.41, 5.74) is 0. The highest BCUT2D eigenvalue weighted by atomic mass is 35.5. The van der Waals surface area contributed by atoms with E-state index in [0.717, 1.165) is 12.4 Å². The number of aromatic nitrogens is 4. The number of rotatable bonds is 4. The zero-order valence-corrected chi connectivity index (χ0v) is 11.9. The molecule has 9 heteroatoms. The van der Waals surface area contributed by atoms with E-state index in [1.807, 2.05) is 13.8 Å². The van der Waals surface area contributed by atoms with Crippen LogP contribution >= 0.6 is 11.6 Å². The smallest absolute Gasteiger partial charge is 0.263 e. The molecule has 0 unspecified atom stereocenters. The largest absolute Gasteiger partial charge is 0.266 e. The molecule has 0 amide bonds. The topological polar surface area (TPSA) is 89.8 Å². The molecule has 0 saturated heterocycles. The van der Waals surface area contributed by atoms with E-state index in [0.29, 0.717) is 5.82 Å². The van der Waals surface area contributed by atoms with Gasteiger partial charge in [-0.1, -0.05) is 0 Å². The molecule has 102 valence electrons. The molecule has 0 saturated carbocycles. The Bertz CT molecular complexity index is 665. The van der Waals surface area contributed by atoms with Crippen LogP contribution < -0.4 is 4.72 Å². The van der Waals surface area contributed by atoms with Gasteiger partial charge in [0.1, 0.15) is 10.7 Å². The third-order valence-corrected chi connectivity index (χ3v) is 3.81. The number of nitrogens with one attached hydrogen (secondary N) is 1. The van der Waals surface area contributed by atoms with Crippen LogP contribution in [0, 0.1) is 0 Å². The Labute approximate surface area is 115 Å². The van der Waals surface area contributed by atoms with E-state index in [4.69, 9.17) is 11.6 Å². The average Bonchev–Trinajstić information content (AvgIpc) is 2.77. The molecule has 2 aromatic rings. The monoisotopic (exact) mass is 301 g/mol. The van der Waals surface area contributed by atoms with Gasteiger partial charge < -0.3 is 0 Å². The lowest BCUT2D eigenvalue weighted by Gasteiger charge is -2.12. The van der Waals surface area contributed by atoms with E-state index in [9.17, 15) is 8.42 Å². The summed E-state index contributed by atoms with van der Waals surface area (Å²) in [6.07, 6.45) is 3.82. The second kappa shape index (κ2) is 5.14. The lowest BCUT2D eigenvalue weighted by molar-refractivity contribution is 0.539. The zero-order valence-electron chi connectivity index (χ0n) is 10.3. The second-order valence-electron chi connectivity index (χ2n) is 4.05. The van der Waals surface area contributed by atoms with Gasteiger partial charge >= 0.3 is 0 Å². The standard InChI is InChI=1S/C10H12ClN5O2S/c1-7(2)16-9(3-4-14-16)15-19(17,18)8-5-12-10(11)13-6-8/h3-7,15H,1-2H3. The van der Waals surface area contributed by atoms with Crippen LogP contribution in [-0.2, 0) is 10.0 Å². The van der Waals surface area contributed by atoms with Crippen molar-refractivity contribution in [3.05, 3.63) is 29.9 Å². The maximum absolute atomic E-state index is 12.1. The van der Waals surface area contributed by atoms with Crippen LogP contribution in [0.4, 0.5) is 5.82 Å². The van der Waals surface area contributed by atoms with Gasteiger partial charge in [-0.15, -0.1) is 0 Å². The Hall–Kier alpha value is -1.67. The maximum Gasteiger partial charge on any atom is 0.266 e. The predicted octanol–water partition coefficient (Wildman–Crippen LogP) is 1.71. The van der Waals surface area contributed by atoms with Gasteiger partial charge in [0.05, 0.1) is 18.6 Å². The summed E-state index contributed by atoms with van der Waals surface area (Å²) in [5.74, 6) is 0.380. The van der Waals surface area contributed by atoms with Gasteiger partial charge in [0.15, 0.2) is 0 Å². The SMILES string of the molecule is CC(C)n1nccc1NS(=O)(=O)c1cnc(Cl)nc1. The minimum Gasteiger partial charge on any atom is -0.263 e. The molecule has 7 nitrogen and oxygen atoms in total. The van der Waals surface area contributed by atoms with E-state index < -0.39 is 10.0 Å². The number of halogens is 1. The molecular formula is C10H12ClN5O2S. The third kappa shape index (κ3) is 3.02. The Kier molecular flexibility index (Phi) is 3.72. The summed E-state index contributed by atoms with van der Waals surface area (Å²) in [6.45, 7) is 3.80. The molecule has 2 aromatic heterocycles. The highest BCUT2D eigenvalue weighted by Crippen LogP contribution is 2.18. The Morgan fingerprint density at radius 1 is 1.32 bits per heavy atom. The number of hydrogen-bond acceptors (Lipinski definition) is 5. The molecule has 0 radical (unpaired) electrons. The molecule has 2 rings (SSSR count). The summed E-state index contributed by atoms with van der Waals surface area (Å²) in [6, 6.07) is 1.61. The van der Waals surface area contributed by atoms with Gasteiger partial charge in [-0.3, -0.25) is 4.72 Å². The fourth-order valence-corrected chi connectivity index (χ4v) is 2.48. The lowest BCUT2D eigenvalue weighted by Crippen LogP contribution is -2.17. The highest BCUT2D eigenvalue weighted by molar-refractivity contribution is 7.92. The van der Waals surface area contributed by atoms with Crippen molar-refractivity contribution in [1.82, 2.24) is 19.7 Å². The van der Waals surface area contributed by atoms with Crippen molar-refractivity contribution in [3.63, 3.8) is 0 Å². The van der Waals surface area contributed by atoms with E-state index in [-0.39, 0.29) is 16.2 Å². The quantitative estimate of drug-likeness (QED) is 0.868. The normalized spacial score (nSPS) is 11.8. The van der Waals surface area contributed by atoms with E-state index in [1.165, 1.54) is 6.20 Å². The Morgan fingerprint density at radius 3 is 2.53 bits per heavy atom. The van der Waals surface area contributed by atoms with E-state index in [2.05, 4.69) is 19.8 Å². The minimum absolute atomic E-state index is 0.00817. The van der Waals surface area contributed by atoms with Crippen LogP contribution in [0.5, 0.6) is 0 Å². The molecular weight excluding hydrogens is 290 g/mol. The summed E-state index contributed by atoms with van der Waals surface area (Å²) < 4.78 is 28.2. The van der Waals surface area contributed by atoms with Gasteiger partial charge in [-0.25, -0.2) is 23.1 Å². The van der Waals surface area contributed by atoms with Crippen LogP contribution in [0.3, 0.4) is 0 Å². The van der Waals surface area contributed by atoms with Crippen LogP contribution in [0.1, 0.15) is 19.9 Å². The summed E-state index contributed by atoms with van der Waals surface area (Å²) in [4.78, 5) is 7.23. The Morgan fingerprint density at radius 2 is 1.95 bits per heavy atom. The summed E-state index contributed by atoms with van der Waals surface area (Å²) in [7, 11) is -3.75. The Balaban J connectivity index is 2.31. The van der Waals surface area contributed by atoms with Crippen molar-refractivity contribution in [2.24, 2.45) is 0 Å². The number of hydrogen-bond donors (Lipinski definition) is 1. The number of sulfonamides is 1. The highest BCUT2D eigenvalue weighted by Gasteiger charge is 2.18. The zero-order chi connectivity index (χ0) is 14.0. The van der Waals surface area contributed by atoms with Crippen LogP contribution in [-0.4, -0.2) is 28.2 Å². The van der Waals surface area contributed by atoms with E-state index in [1.54, 1.807) is 10.7 Å². The van der Waals surface area contributed by atoms with Gasteiger partial charge in [-0.05, 0) is 25.4 Å². The molecule has 0 aliphatic rings. The molecule has 19 heavy (non-hydrogen) atoms. The maximum atomic E-state index is 12.1. The number of nitrogens with zero attached hydrogens (tertiary/aromatic N) is 4. The second-order valence-corrected chi connectivity index (χ2v) is 6.07. The fourth-order valence-electron chi connectivity index (χ4n) is 1.44. The van der Waals surface area contributed by atoms with Gasteiger partial charge in [0, 0.05) is 12.1 Å². The minimum atomic E-state index is -3.75. The van der Waals surface area contributed by atoms with Gasteiger partial charge in [-0.2, -0.15) is 5.10 Å². The third-order valence-electron chi connectivity index (χ3n) is 2.31. The molecule has 1 N–H and O–H groups in total. The first-order valence-electron chi connectivity index (χ1n) is 5.44. The van der Waals surface area contributed by atoms with Crippen molar-refractivity contribution in [2.45, 2.75) is 24.8 Å². The first kappa shape index (κ1) is 13.8. The first-order valence-corrected chi connectivity index (χ1v) is 7.30. The van der Waals surface area contributed by atoms with Gasteiger partial charge in [0.2, 0.25) is 5.28 Å².